The SMILES string of the molecule is O=C(O)[C@@H]1CN(C(=O)c2csc(Cc3ccccc3)n2)C[C@H]1C(F)(F)F. The zero-order chi connectivity index (χ0) is 18.9. The maximum atomic E-state index is 13.0. The van der Waals surface area contributed by atoms with Crippen molar-refractivity contribution in [1.29, 1.82) is 0 Å². The zero-order valence-electron chi connectivity index (χ0n) is 13.4. The predicted molar refractivity (Wildman–Crippen MR) is 87.9 cm³/mol. The minimum Gasteiger partial charge on any atom is -0.481 e. The number of aromatic nitrogens is 1. The van der Waals surface area contributed by atoms with Crippen molar-refractivity contribution in [3.8, 4) is 0 Å². The summed E-state index contributed by atoms with van der Waals surface area (Å²) in [5.74, 6) is -5.93. The Kier molecular flexibility index (Phi) is 4.99. The number of nitrogens with zero attached hydrogens (tertiary/aromatic N) is 2. The molecule has 3 rings (SSSR count). The lowest BCUT2D eigenvalue weighted by Crippen LogP contribution is -2.34. The molecule has 9 heteroatoms. The van der Waals surface area contributed by atoms with Crippen molar-refractivity contribution in [2.45, 2.75) is 12.6 Å². The van der Waals surface area contributed by atoms with Gasteiger partial charge in [0.05, 0.1) is 16.8 Å². The molecule has 0 spiro atoms. The molecular formula is C17H15F3N2O3S. The predicted octanol–water partition coefficient (Wildman–Crippen LogP) is 3.07. The summed E-state index contributed by atoms with van der Waals surface area (Å²) < 4.78 is 39.1. The number of carbonyl (C=O) groups excluding carboxylic acids is 1. The second kappa shape index (κ2) is 7.06. The van der Waals surface area contributed by atoms with Crippen LogP contribution < -0.4 is 0 Å². The Bertz CT molecular complexity index is 807. The van der Waals surface area contributed by atoms with Crippen LogP contribution >= 0.6 is 11.3 Å². The van der Waals surface area contributed by atoms with E-state index in [1.54, 1.807) is 0 Å². The molecule has 1 aliphatic rings. The summed E-state index contributed by atoms with van der Waals surface area (Å²) in [6.07, 6.45) is -4.15. The standard InChI is InChI=1S/C17H15F3N2O3S/c18-17(19,20)12-8-22(7-11(12)16(24)25)15(23)13-9-26-14(21-13)6-10-4-2-1-3-5-10/h1-5,9,11-12H,6-8H2,(H,24,25)/t11-,12-/m1/s1. The van der Waals surface area contributed by atoms with Crippen LogP contribution in [0.5, 0.6) is 0 Å². The number of carboxylic acids is 1. The number of carboxylic acid groups (broad SMARTS) is 1. The quantitative estimate of drug-likeness (QED) is 0.880. The van der Waals surface area contributed by atoms with Crippen LogP contribution in [0.4, 0.5) is 13.2 Å². The maximum Gasteiger partial charge on any atom is 0.394 e. The van der Waals surface area contributed by atoms with Gasteiger partial charge in [-0.15, -0.1) is 11.3 Å². The average molecular weight is 384 g/mol. The van der Waals surface area contributed by atoms with Crippen molar-refractivity contribution in [3.05, 3.63) is 52.0 Å². The number of alkyl halides is 3. The highest BCUT2D eigenvalue weighted by Gasteiger charge is 2.53. The molecule has 1 N–H and O–H groups in total. The van der Waals surface area contributed by atoms with Gasteiger partial charge in [-0.3, -0.25) is 9.59 Å². The first-order chi connectivity index (χ1) is 12.3. The normalized spacial score (nSPS) is 20.3. The Morgan fingerprint density at radius 2 is 1.92 bits per heavy atom. The number of benzene rings is 1. The molecule has 1 fully saturated rings. The maximum absolute atomic E-state index is 13.0. The highest BCUT2D eigenvalue weighted by molar-refractivity contribution is 7.09. The number of likely N-dealkylation sites (tertiary alicyclic amines) is 1. The van der Waals surface area contributed by atoms with Gasteiger partial charge in [0, 0.05) is 24.9 Å². The molecule has 0 radical (unpaired) electrons. The van der Waals surface area contributed by atoms with Crippen molar-refractivity contribution in [3.63, 3.8) is 0 Å². The van der Waals surface area contributed by atoms with E-state index in [1.807, 2.05) is 30.3 Å². The van der Waals surface area contributed by atoms with Gasteiger partial charge in [-0.05, 0) is 5.56 Å². The summed E-state index contributed by atoms with van der Waals surface area (Å²) in [4.78, 5) is 28.7. The number of hydrogen-bond acceptors (Lipinski definition) is 4. The number of thiazole rings is 1. The highest BCUT2D eigenvalue weighted by atomic mass is 32.1. The van der Waals surface area contributed by atoms with E-state index in [-0.39, 0.29) is 5.69 Å². The molecule has 26 heavy (non-hydrogen) atoms. The third kappa shape index (κ3) is 3.87. The van der Waals surface area contributed by atoms with E-state index in [0.29, 0.717) is 11.4 Å². The number of carbonyl (C=O) groups is 2. The molecule has 2 aromatic rings. The fraction of sp³-hybridized carbons (Fsp3) is 0.353. The number of rotatable bonds is 4. The van der Waals surface area contributed by atoms with E-state index in [4.69, 9.17) is 5.11 Å². The monoisotopic (exact) mass is 384 g/mol. The fourth-order valence-corrected chi connectivity index (χ4v) is 3.78. The molecule has 1 saturated heterocycles. The Hall–Kier alpha value is -2.42. The lowest BCUT2D eigenvalue weighted by atomic mass is 9.96. The minimum absolute atomic E-state index is 0.0490. The fourth-order valence-electron chi connectivity index (χ4n) is 2.97. The molecule has 0 unspecified atom stereocenters. The van der Waals surface area contributed by atoms with Crippen LogP contribution in [-0.4, -0.2) is 46.1 Å². The van der Waals surface area contributed by atoms with E-state index in [0.717, 1.165) is 10.5 Å². The molecule has 0 aliphatic carbocycles. The van der Waals surface area contributed by atoms with Crippen LogP contribution in [0.25, 0.3) is 0 Å². The number of amides is 1. The van der Waals surface area contributed by atoms with Crippen LogP contribution in [0.3, 0.4) is 0 Å². The summed E-state index contributed by atoms with van der Waals surface area (Å²) in [6.45, 7) is -1.13. The second-order valence-corrected chi connectivity index (χ2v) is 7.03. The number of hydrogen-bond donors (Lipinski definition) is 1. The Morgan fingerprint density at radius 3 is 2.50 bits per heavy atom. The molecule has 5 nitrogen and oxygen atoms in total. The van der Waals surface area contributed by atoms with Crippen LogP contribution in [0.1, 0.15) is 21.1 Å². The lowest BCUT2D eigenvalue weighted by molar-refractivity contribution is -0.187. The largest absolute Gasteiger partial charge is 0.481 e. The summed E-state index contributed by atoms with van der Waals surface area (Å²) in [5.41, 5.74) is 1.05. The van der Waals surface area contributed by atoms with E-state index < -0.39 is 43.0 Å². The first-order valence-corrected chi connectivity index (χ1v) is 8.71. The molecule has 0 saturated carbocycles. The van der Waals surface area contributed by atoms with E-state index in [9.17, 15) is 22.8 Å². The summed E-state index contributed by atoms with van der Waals surface area (Å²) in [7, 11) is 0. The molecule has 2 atom stereocenters. The van der Waals surface area contributed by atoms with Crippen molar-refractivity contribution in [1.82, 2.24) is 9.88 Å². The van der Waals surface area contributed by atoms with Crippen LogP contribution in [0.2, 0.25) is 0 Å². The molecule has 2 heterocycles. The average Bonchev–Trinajstić information content (AvgIpc) is 3.22. The topological polar surface area (TPSA) is 70.5 Å². The van der Waals surface area contributed by atoms with Crippen LogP contribution in [0, 0.1) is 11.8 Å². The van der Waals surface area contributed by atoms with Crippen molar-refractivity contribution in [2.24, 2.45) is 11.8 Å². The Balaban J connectivity index is 1.73. The van der Waals surface area contributed by atoms with E-state index in [2.05, 4.69) is 4.98 Å². The lowest BCUT2D eigenvalue weighted by Gasteiger charge is -2.18. The molecular weight excluding hydrogens is 369 g/mol. The molecule has 1 aromatic carbocycles. The van der Waals surface area contributed by atoms with Gasteiger partial charge in [0.15, 0.2) is 0 Å². The third-order valence-corrected chi connectivity index (χ3v) is 5.16. The Morgan fingerprint density at radius 1 is 1.23 bits per heavy atom. The van der Waals surface area contributed by atoms with Gasteiger partial charge in [0.25, 0.3) is 5.91 Å². The van der Waals surface area contributed by atoms with Gasteiger partial charge in [0.1, 0.15) is 5.69 Å². The summed E-state index contributed by atoms with van der Waals surface area (Å²) >= 11 is 1.25. The minimum atomic E-state index is -4.67. The third-order valence-electron chi connectivity index (χ3n) is 4.31. The van der Waals surface area contributed by atoms with E-state index in [1.165, 1.54) is 16.7 Å². The van der Waals surface area contributed by atoms with Gasteiger partial charge in [-0.25, -0.2) is 4.98 Å². The van der Waals surface area contributed by atoms with E-state index >= 15 is 0 Å². The first kappa shape index (κ1) is 18.4. The van der Waals surface area contributed by atoms with Gasteiger partial charge in [-0.1, -0.05) is 30.3 Å². The summed E-state index contributed by atoms with van der Waals surface area (Å²) in [6, 6.07) is 9.46. The highest BCUT2D eigenvalue weighted by Crippen LogP contribution is 2.38. The molecule has 138 valence electrons. The van der Waals surface area contributed by atoms with Gasteiger partial charge in [-0.2, -0.15) is 13.2 Å². The second-order valence-electron chi connectivity index (χ2n) is 6.09. The first-order valence-electron chi connectivity index (χ1n) is 7.83. The molecule has 1 aromatic heterocycles. The Labute approximate surface area is 151 Å². The smallest absolute Gasteiger partial charge is 0.394 e. The number of halogens is 3. The molecule has 1 amide bonds. The van der Waals surface area contributed by atoms with Crippen LogP contribution in [-0.2, 0) is 11.2 Å². The van der Waals surface area contributed by atoms with Gasteiger partial charge >= 0.3 is 12.1 Å². The van der Waals surface area contributed by atoms with Gasteiger partial charge < -0.3 is 10.0 Å². The zero-order valence-corrected chi connectivity index (χ0v) is 14.3. The van der Waals surface area contributed by atoms with Crippen molar-refractivity contribution in [2.75, 3.05) is 13.1 Å². The van der Waals surface area contributed by atoms with Crippen molar-refractivity contribution >= 4 is 23.2 Å². The number of aliphatic carboxylic acids is 1. The molecule has 1 aliphatic heterocycles. The summed E-state index contributed by atoms with van der Waals surface area (Å²) in [5, 5.41) is 11.2. The van der Waals surface area contributed by atoms with Crippen LogP contribution in [0.15, 0.2) is 35.7 Å². The van der Waals surface area contributed by atoms with Gasteiger partial charge in [0.2, 0.25) is 0 Å². The molecule has 0 bridgehead atoms. The van der Waals surface area contributed by atoms with Crippen molar-refractivity contribution < 1.29 is 27.9 Å².